The summed E-state index contributed by atoms with van der Waals surface area (Å²) in [6, 6.07) is 8.60. The number of H-pyrrole nitrogens is 1. The summed E-state index contributed by atoms with van der Waals surface area (Å²) in [5.41, 5.74) is 8.05. The van der Waals surface area contributed by atoms with Crippen LogP contribution in [-0.2, 0) is 23.1 Å². The Morgan fingerprint density at radius 3 is 2.85 bits per heavy atom. The number of hydrogen-bond donors (Lipinski definition) is 2. The lowest BCUT2D eigenvalue weighted by Gasteiger charge is -2.29. The van der Waals surface area contributed by atoms with Gasteiger partial charge in [-0.15, -0.1) is 0 Å². The van der Waals surface area contributed by atoms with Crippen molar-refractivity contribution in [3.8, 4) is 0 Å². The Morgan fingerprint density at radius 2 is 2.08 bits per heavy atom. The largest absolute Gasteiger partial charge is 0.359 e. The summed E-state index contributed by atoms with van der Waals surface area (Å²) < 4.78 is 0. The first kappa shape index (κ1) is 17.1. The zero-order valence-corrected chi connectivity index (χ0v) is 16.0. The highest BCUT2D eigenvalue weighted by Gasteiger charge is 2.30. The molecule has 0 atom stereocenters. The molecule has 0 saturated carbocycles. The van der Waals surface area contributed by atoms with Gasteiger partial charge in [0, 0.05) is 22.6 Å². The van der Waals surface area contributed by atoms with Crippen LogP contribution in [0, 0.1) is 0 Å². The van der Waals surface area contributed by atoms with E-state index in [-0.39, 0.29) is 11.3 Å². The summed E-state index contributed by atoms with van der Waals surface area (Å²) in [6.45, 7) is 6.83. The highest BCUT2D eigenvalue weighted by atomic mass is 16.2. The number of carbonyl (C=O) groups excluding carboxylic acids is 1. The molecule has 26 heavy (non-hydrogen) atoms. The molecule has 2 heterocycles. The molecule has 0 bridgehead atoms. The van der Waals surface area contributed by atoms with Crippen LogP contribution in [0.15, 0.2) is 24.3 Å². The fourth-order valence-electron chi connectivity index (χ4n) is 4.31. The van der Waals surface area contributed by atoms with E-state index in [9.17, 15) is 4.79 Å². The minimum Gasteiger partial charge on any atom is -0.359 e. The number of aromatic nitrogens is 1. The first-order valence-electron chi connectivity index (χ1n) is 9.86. The van der Waals surface area contributed by atoms with Gasteiger partial charge in [0.2, 0.25) is 0 Å². The Hall–Kier alpha value is -2.29. The van der Waals surface area contributed by atoms with Crippen molar-refractivity contribution >= 4 is 23.2 Å². The van der Waals surface area contributed by atoms with Crippen LogP contribution in [-0.4, -0.2) is 10.9 Å². The highest BCUT2D eigenvalue weighted by Crippen LogP contribution is 2.39. The van der Waals surface area contributed by atoms with Gasteiger partial charge in [-0.25, -0.2) is 0 Å². The Bertz CT molecular complexity index is 886. The lowest BCUT2D eigenvalue weighted by atomic mass is 9.75. The second-order valence-electron chi connectivity index (χ2n) is 8.35. The standard InChI is InChI=1S/C23H28N2O/c1-4-5-7-15-9-10-20-17(12-15)18(22(26)25-20)13-16-14-19-21(24-16)8-6-11-23(19,2)3/h9-10,12-14,24H,4-8,11H2,1-3H3,(H,25,26). The quantitative estimate of drug-likeness (QED) is 0.708. The van der Waals surface area contributed by atoms with E-state index < -0.39 is 0 Å². The van der Waals surface area contributed by atoms with Crippen LogP contribution in [0.4, 0.5) is 5.69 Å². The maximum absolute atomic E-state index is 12.5. The molecule has 136 valence electrons. The highest BCUT2D eigenvalue weighted by molar-refractivity contribution is 6.34. The van der Waals surface area contributed by atoms with Crippen LogP contribution in [0.25, 0.3) is 11.6 Å². The predicted octanol–water partition coefficient (Wildman–Crippen LogP) is 5.46. The van der Waals surface area contributed by atoms with E-state index in [0.29, 0.717) is 0 Å². The zero-order valence-electron chi connectivity index (χ0n) is 16.0. The first-order chi connectivity index (χ1) is 12.5. The Balaban J connectivity index is 1.71. The fourth-order valence-corrected chi connectivity index (χ4v) is 4.31. The number of amides is 1. The number of benzene rings is 1. The first-order valence-corrected chi connectivity index (χ1v) is 9.86. The summed E-state index contributed by atoms with van der Waals surface area (Å²) >= 11 is 0. The lowest BCUT2D eigenvalue weighted by Crippen LogP contribution is -2.22. The van der Waals surface area contributed by atoms with E-state index in [1.807, 2.05) is 12.1 Å². The number of rotatable bonds is 4. The Labute approximate surface area is 155 Å². The normalized spacial score (nSPS) is 19.3. The third-order valence-corrected chi connectivity index (χ3v) is 5.86. The molecule has 4 rings (SSSR count). The number of aromatic amines is 1. The summed E-state index contributed by atoms with van der Waals surface area (Å²) in [5, 5.41) is 3.01. The van der Waals surface area contributed by atoms with Crippen LogP contribution in [0.3, 0.4) is 0 Å². The molecule has 0 fully saturated rings. The molecule has 3 heteroatoms. The summed E-state index contributed by atoms with van der Waals surface area (Å²) in [5.74, 6) is -0.000487. The van der Waals surface area contributed by atoms with E-state index in [2.05, 4.69) is 49.3 Å². The summed E-state index contributed by atoms with van der Waals surface area (Å²) in [4.78, 5) is 16.1. The molecule has 0 radical (unpaired) electrons. The number of aryl methyl sites for hydroxylation is 2. The Kier molecular flexibility index (Phi) is 4.26. The number of anilines is 1. The van der Waals surface area contributed by atoms with Crippen LogP contribution in [0.5, 0.6) is 0 Å². The molecular weight excluding hydrogens is 320 g/mol. The van der Waals surface area contributed by atoms with E-state index in [0.717, 1.165) is 35.4 Å². The van der Waals surface area contributed by atoms with Gasteiger partial charge in [0.05, 0.1) is 5.57 Å². The smallest absolute Gasteiger partial charge is 0.256 e. The number of hydrogen-bond acceptors (Lipinski definition) is 1. The lowest BCUT2D eigenvalue weighted by molar-refractivity contribution is -0.110. The molecule has 1 amide bonds. The molecule has 1 aromatic heterocycles. The molecule has 2 aromatic rings. The van der Waals surface area contributed by atoms with Gasteiger partial charge in [-0.3, -0.25) is 4.79 Å². The van der Waals surface area contributed by atoms with Gasteiger partial charge in [0.1, 0.15) is 0 Å². The molecule has 1 aliphatic carbocycles. The molecule has 1 aliphatic heterocycles. The third-order valence-electron chi connectivity index (χ3n) is 5.86. The molecule has 1 aromatic carbocycles. The molecule has 2 aliphatic rings. The SMILES string of the molecule is CCCCc1ccc2c(c1)C(=Cc1cc3c([nH]1)CCCC3(C)C)C(=O)N2. The molecule has 0 saturated heterocycles. The third kappa shape index (κ3) is 3.00. The fraction of sp³-hybridized carbons (Fsp3) is 0.435. The van der Waals surface area contributed by atoms with Crippen molar-refractivity contribution in [1.82, 2.24) is 4.98 Å². The number of fused-ring (bicyclic) bond motifs is 2. The van der Waals surface area contributed by atoms with E-state index in [1.54, 1.807) is 0 Å². The molecule has 3 nitrogen and oxygen atoms in total. The van der Waals surface area contributed by atoms with E-state index in [4.69, 9.17) is 0 Å². The van der Waals surface area contributed by atoms with Crippen molar-refractivity contribution in [2.45, 2.75) is 64.7 Å². The van der Waals surface area contributed by atoms with Crippen molar-refractivity contribution in [1.29, 1.82) is 0 Å². The minimum absolute atomic E-state index is 0.000487. The second kappa shape index (κ2) is 6.46. The van der Waals surface area contributed by atoms with Crippen LogP contribution >= 0.6 is 0 Å². The van der Waals surface area contributed by atoms with Gasteiger partial charge in [0.25, 0.3) is 5.91 Å². The monoisotopic (exact) mass is 348 g/mol. The molecular formula is C23H28N2O. The van der Waals surface area contributed by atoms with Gasteiger partial charge >= 0.3 is 0 Å². The predicted molar refractivity (Wildman–Crippen MR) is 108 cm³/mol. The van der Waals surface area contributed by atoms with Gasteiger partial charge < -0.3 is 10.3 Å². The Morgan fingerprint density at radius 1 is 1.23 bits per heavy atom. The topological polar surface area (TPSA) is 44.9 Å². The van der Waals surface area contributed by atoms with Crippen molar-refractivity contribution in [2.24, 2.45) is 0 Å². The maximum atomic E-state index is 12.5. The van der Waals surface area contributed by atoms with Gasteiger partial charge in [0.15, 0.2) is 0 Å². The number of carbonyl (C=O) groups is 1. The van der Waals surface area contributed by atoms with Crippen molar-refractivity contribution in [2.75, 3.05) is 5.32 Å². The van der Waals surface area contributed by atoms with Crippen molar-refractivity contribution in [3.63, 3.8) is 0 Å². The van der Waals surface area contributed by atoms with Crippen molar-refractivity contribution in [3.05, 3.63) is 52.3 Å². The minimum atomic E-state index is -0.000487. The summed E-state index contributed by atoms with van der Waals surface area (Å²) in [7, 11) is 0. The van der Waals surface area contributed by atoms with Gasteiger partial charge in [-0.2, -0.15) is 0 Å². The maximum Gasteiger partial charge on any atom is 0.256 e. The zero-order chi connectivity index (χ0) is 18.3. The van der Waals surface area contributed by atoms with Gasteiger partial charge in [-0.1, -0.05) is 33.3 Å². The van der Waals surface area contributed by atoms with E-state index in [1.165, 1.54) is 42.5 Å². The van der Waals surface area contributed by atoms with Crippen LogP contribution in [0.1, 0.15) is 74.5 Å². The van der Waals surface area contributed by atoms with Crippen molar-refractivity contribution < 1.29 is 4.79 Å². The molecule has 2 N–H and O–H groups in total. The average molecular weight is 348 g/mol. The van der Waals surface area contributed by atoms with Gasteiger partial charge in [-0.05, 0) is 72.9 Å². The average Bonchev–Trinajstić information content (AvgIpc) is 3.15. The molecule has 0 unspecified atom stereocenters. The molecule has 0 spiro atoms. The summed E-state index contributed by atoms with van der Waals surface area (Å²) in [6.07, 6.45) is 9.00. The van der Waals surface area contributed by atoms with Crippen LogP contribution < -0.4 is 5.32 Å². The van der Waals surface area contributed by atoms with Crippen LogP contribution in [0.2, 0.25) is 0 Å². The number of nitrogens with one attached hydrogen (secondary N) is 2. The number of unbranched alkanes of at least 4 members (excludes halogenated alkanes) is 1. The second-order valence-corrected chi connectivity index (χ2v) is 8.35. The van der Waals surface area contributed by atoms with E-state index >= 15 is 0 Å².